The summed E-state index contributed by atoms with van der Waals surface area (Å²) in [5, 5.41) is 4.89. The van der Waals surface area contributed by atoms with Crippen molar-refractivity contribution in [2.24, 2.45) is 0 Å². The van der Waals surface area contributed by atoms with Gasteiger partial charge in [-0.25, -0.2) is 4.39 Å². The smallest absolute Gasteiger partial charge is 0.332 e. The van der Waals surface area contributed by atoms with E-state index in [1.54, 1.807) is 6.07 Å². The average Bonchev–Trinajstić information content (AvgIpc) is 2.39. The lowest BCUT2D eigenvalue weighted by Crippen LogP contribution is -2.19. The Morgan fingerprint density at radius 2 is 1.64 bits per heavy atom. The lowest BCUT2D eigenvalue weighted by Gasteiger charge is -2.14. The van der Waals surface area contributed by atoms with E-state index in [9.17, 15) is 17.6 Å². The Kier molecular flexibility index (Phi) is 4.87. The normalized spacial score (nSPS) is 11.1. The first-order chi connectivity index (χ1) is 10.3. The van der Waals surface area contributed by atoms with Crippen LogP contribution < -0.4 is 10.6 Å². The molecule has 0 aromatic heterocycles. The van der Waals surface area contributed by atoms with Crippen molar-refractivity contribution in [3.8, 4) is 0 Å². The van der Waals surface area contributed by atoms with Gasteiger partial charge in [-0.2, -0.15) is 13.2 Å². The number of nitrogens with one attached hydrogen (secondary N) is 2. The minimum Gasteiger partial charge on any atom is -0.332 e. The zero-order valence-corrected chi connectivity index (χ0v) is 12.4. The summed E-state index contributed by atoms with van der Waals surface area (Å²) in [5.41, 5.74) is -0.471. The molecule has 0 aliphatic rings. The van der Waals surface area contributed by atoms with Crippen molar-refractivity contribution >= 4 is 40.3 Å². The van der Waals surface area contributed by atoms with Crippen molar-refractivity contribution in [3.63, 3.8) is 0 Å². The van der Waals surface area contributed by atoms with Gasteiger partial charge in [-0.3, -0.25) is 0 Å². The number of alkyl halides is 3. The molecule has 0 fully saturated rings. The number of halogens is 5. The fourth-order valence-electron chi connectivity index (χ4n) is 1.68. The van der Waals surface area contributed by atoms with Crippen LogP contribution in [0.25, 0.3) is 0 Å². The Balaban J connectivity index is 2.12. The molecular weight excluding hydrogens is 340 g/mol. The van der Waals surface area contributed by atoms with Crippen LogP contribution in [0.1, 0.15) is 5.56 Å². The van der Waals surface area contributed by atoms with E-state index in [-0.39, 0.29) is 10.8 Å². The number of hydrogen-bond donors (Lipinski definition) is 2. The fraction of sp³-hybridized carbons (Fsp3) is 0.0714. The highest BCUT2D eigenvalue weighted by atomic mass is 35.5. The summed E-state index contributed by atoms with van der Waals surface area (Å²) in [6.07, 6.45) is -4.56. The maximum Gasteiger partial charge on any atom is 0.417 e. The average molecular weight is 349 g/mol. The van der Waals surface area contributed by atoms with Crippen molar-refractivity contribution in [1.82, 2.24) is 0 Å². The molecule has 0 aliphatic heterocycles. The second-order valence-corrected chi connectivity index (χ2v) is 5.10. The minimum absolute atomic E-state index is 0.0287. The van der Waals surface area contributed by atoms with Gasteiger partial charge in [0.2, 0.25) is 0 Å². The predicted molar refractivity (Wildman–Crippen MR) is 82.7 cm³/mol. The number of thiocarbonyl (C=S) groups is 1. The highest BCUT2D eigenvalue weighted by Crippen LogP contribution is 2.36. The minimum atomic E-state index is -4.56. The Morgan fingerprint density at radius 3 is 2.23 bits per heavy atom. The number of rotatable bonds is 2. The van der Waals surface area contributed by atoms with E-state index in [4.69, 9.17) is 23.8 Å². The third-order valence-corrected chi connectivity index (χ3v) is 3.15. The summed E-state index contributed by atoms with van der Waals surface area (Å²) in [5.74, 6) is -0.460. The van der Waals surface area contributed by atoms with Gasteiger partial charge in [0.25, 0.3) is 0 Å². The number of anilines is 2. The quantitative estimate of drug-likeness (QED) is 0.568. The van der Waals surface area contributed by atoms with Crippen LogP contribution in [0.5, 0.6) is 0 Å². The number of benzene rings is 2. The van der Waals surface area contributed by atoms with Crippen molar-refractivity contribution in [2.75, 3.05) is 10.6 Å². The summed E-state index contributed by atoms with van der Waals surface area (Å²) in [4.78, 5) is 0. The maximum absolute atomic E-state index is 13.0. The maximum atomic E-state index is 13.0. The van der Waals surface area contributed by atoms with Crippen molar-refractivity contribution < 1.29 is 17.6 Å². The van der Waals surface area contributed by atoms with Gasteiger partial charge < -0.3 is 10.6 Å². The monoisotopic (exact) mass is 348 g/mol. The summed E-state index contributed by atoms with van der Waals surface area (Å²) >= 11 is 10.5. The lowest BCUT2D eigenvalue weighted by atomic mass is 10.2. The fourth-order valence-corrected chi connectivity index (χ4v) is 2.14. The summed E-state index contributed by atoms with van der Waals surface area (Å²) < 4.78 is 51.3. The number of hydrogen-bond acceptors (Lipinski definition) is 1. The second-order valence-electron chi connectivity index (χ2n) is 4.28. The zero-order chi connectivity index (χ0) is 16.3. The van der Waals surface area contributed by atoms with E-state index >= 15 is 0 Å². The molecular formula is C14H9ClF4N2S. The predicted octanol–water partition coefficient (Wildman–Crippen LogP) is 5.31. The van der Waals surface area contributed by atoms with Gasteiger partial charge in [-0.1, -0.05) is 17.7 Å². The molecule has 0 radical (unpaired) electrons. The van der Waals surface area contributed by atoms with Crippen molar-refractivity contribution in [1.29, 1.82) is 0 Å². The van der Waals surface area contributed by atoms with Crippen LogP contribution in [-0.4, -0.2) is 5.11 Å². The van der Waals surface area contributed by atoms with E-state index in [1.165, 1.54) is 24.3 Å². The molecule has 2 rings (SSSR count). The van der Waals surface area contributed by atoms with Crippen molar-refractivity contribution in [2.45, 2.75) is 6.18 Å². The van der Waals surface area contributed by atoms with E-state index in [0.717, 1.165) is 12.1 Å². The highest BCUT2D eigenvalue weighted by molar-refractivity contribution is 7.80. The SMILES string of the molecule is Fc1cccc(NC(=S)Nc2ccc(Cl)c(C(F)(F)F)c2)c1. The Hall–Kier alpha value is -1.86. The molecule has 2 N–H and O–H groups in total. The van der Waals surface area contributed by atoms with E-state index in [2.05, 4.69) is 10.6 Å². The van der Waals surface area contributed by atoms with Gasteiger partial charge >= 0.3 is 6.18 Å². The van der Waals surface area contributed by atoms with Crippen LogP contribution in [0, 0.1) is 5.82 Å². The molecule has 2 nitrogen and oxygen atoms in total. The van der Waals surface area contributed by atoms with Crippen LogP contribution in [0.15, 0.2) is 42.5 Å². The molecule has 0 saturated carbocycles. The molecule has 22 heavy (non-hydrogen) atoms. The van der Waals surface area contributed by atoms with E-state index < -0.39 is 22.6 Å². The second kappa shape index (κ2) is 6.50. The van der Waals surface area contributed by atoms with Crippen LogP contribution in [0.4, 0.5) is 28.9 Å². The Bertz CT molecular complexity index is 703. The molecule has 0 spiro atoms. The Labute approximate surface area is 134 Å². The van der Waals surface area contributed by atoms with Gasteiger partial charge in [0.05, 0.1) is 10.6 Å². The lowest BCUT2D eigenvalue weighted by molar-refractivity contribution is -0.137. The molecule has 0 heterocycles. The standard InChI is InChI=1S/C14H9ClF4N2S/c15-12-5-4-10(7-11(12)14(17,18)19)21-13(22)20-9-3-1-2-8(16)6-9/h1-7H,(H2,20,21,22). The first kappa shape index (κ1) is 16.5. The largest absolute Gasteiger partial charge is 0.417 e. The Morgan fingerprint density at radius 1 is 1.00 bits per heavy atom. The zero-order valence-electron chi connectivity index (χ0n) is 10.8. The molecule has 0 saturated heterocycles. The topological polar surface area (TPSA) is 24.1 Å². The van der Waals surface area contributed by atoms with Gasteiger partial charge in [0.1, 0.15) is 5.82 Å². The molecule has 0 bridgehead atoms. The molecule has 2 aromatic rings. The van der Waals surface area contributed by atoms with Gasteiger partial charge in [0.15, 0.2) is 5.11 Å². The molecule has 0 unspecified atom stereocenters. The molecule has 0 amide bonds. The third-order valence-electron chi connectivity index (χ3n) is 2.61. The van der Waals surface area contributed by atoms with Crippen LogP contribution in [0.2, 0.25) is 5.02 Å². The van der Waals surface area contributed by atoms with Crippen molar-refractivity contribution in [3.05, 3.63) is 58.9 Å². The first-order valence-electron chi connectivity index (χ1n) is 5.96. The molecule has 2 aromatic carbocycles. The highest BCUT2D eigenvalue weighted by Gasteiger charge is 2.33. The van der Waals surface area contributed by atoms with Gasteiger partial charge in [-0.15, -0.1) is 0 Å². The molecule has 0 aliphatic carbocycles. The van der Waals surface area contributed by atoms with Gasteiger partial charge in [0, 0.05) is 11.4 Å². The molecule has 8 heteroatoms. The molecule has 0 atom stereocenters. The van der Waals surface area contributed by atoms with Crippen LogP contribution >= 0.6 is 23.8 Å². The summed E-state index contributed by atoms with van der Waals surface area (Å²) in [6, 6.07) is 8.84. The summed E-state index contributed by atoms with van der Waals surface area (Å²) in [7, 11) is 0. The van der Waals surface area contributed by atoms with Crippen LogP contribution in [-0.2, 0) is 6.18 Å². The van der Waals surface area contributed by atoms with E-state index in [1.807, 2.05) is 0 Å². The first-order valence-corrected chi connectivity index (χ1v) is 6.74. The van der Waals surface area contributed by atoms with Gasteiger partial charge in [-0.05, 0) is 48.6 Å². The summed E-state index contributed by atoms with van der Waals surface area (Å²) in [6.45, 7) is 0. The van der Waals surface area contributed by atoms with E-state index in [0.29, 0.717) is 5.69 Å². The third kappa shape index (κ3) is 4.32. The molecule has 116 valence electrons. The van der Waals surface area contributed by atoms with Crippen LogP contribution in [0.3, 0.4) is 0 Å².